The summed E-state index contributed by atoms with van der Waals surface area (Å²) >= 11 is 0. The van der Waals surface area contributed by atoms with Crippen molar-refractivity contribution in [1.29, 1.82) is 5.41 Å². The van der Waals surface area contributed by atoms with Crippen LogP contribution in [-0.2, 0) is 14.3 Å². The maximum atomic E-state index is 11.8. The van der Waals surface area contributed by atoms with Gasteiger partial charge in [0, 0.05) is 13.5 Å². The zero-order chi connectivity index (χ0) is 16.9. The standard InChI is InChI=1S/C17H31N3O3/c1-20-14-16(22)23-13-11-9-7-5-3-2-4-6-8-10-12-15(21)19-17(20)18/h2-14H2,1H3,(H2,18,19,21). The molecule has 0 aromatic heterocycles. The summed E-state index contributed by atoms with van der Waals surface area (Å²) in [5.41, 5.74) is 0. The molecular formula is C17H31N3O3. The maximum absolute atomic E-state index is 11.8. The van der Waals surface area contributed by atoms with Gasteiger partial charge >= 0.3 is 5.97 Å². The van der Waals surface area contributed by atoms with Crippen LogP contribution >= 0.6 is 0 Å². The second-order valence-corrected chi connectivity index (χ2v) is 6.26. The van der Waals surface area contributed by atoms with Gasteiger partial charge in [0.25, 0.3) is 0 Å². The Morgan fingerprint density at radius 3 is 2.04 bits per heavy atom. The van der Waals surface area contributed by atoms with Crippen LogP contribution in [0.25, 0.3) is 0 Å². The zero-order valence-electron chi connectivity index (χ0n) is 14.4. The lowest BCUT2D eigenvalue weighted by Crippen LogP contribution is -2.43. The van der Waals surface area contributed by atoms with Crippen molar-refractivity contribution in [2.24, 2.45) is 0 Å². The topological polar surface area (TPSA) is 82.5 Å². The third kappa shape index (κ3) is 9.92. The number of likely N-dealkylation sites (N-methyl/N-ethyl adjacent to an activating group) is 1. The Labute approximate surface area is 139 Å². The highest BCUT2D eigenvalue weighted by Gasteiger charge is 2.13. The van der Waals surface area contributed by atoms with E-state index >= 15 is 0 Å². The highest BCUT2D eigenvalue weighted by Crippen LogP contribution is 2.11. The largest absolute Gasteiger partial charge is 0.464 e. The van der Waals surface area contributed by atoms with Gasteiger partial charge in [-0.05, 0) is 12.8 Å². The van der Waals surface area contributed by atoms with E-state index in [1.54, 1.807) is 7.05 Å². The SMILES string of the molecule is CN1CC(=O)OCCCCCCCCCCCCC(=O)NC1=N. The first kappa shape index (κ1) is 19.5. The first-order valence-electron chi connectivity index (χ1n) is 8.85. The van der Waals surface area contributed by atoms with E-state index in [0.717, 1.165) is 25.7 Å². The van der Waals surface area contributed by atoms with Crippen molar-refractivity contribution in [1.82, 2.24) is 10.2 Å². The number of hydrogen-bond donors (Lipinski definition) is 2. The van der Waals surface area contributed by atoms with E-state index in [0.29, 0.717) is 13.0 Å². The lowest BCUT2D eigenvalue weighted by atomic mass is 10.1. The van der Waals surface area contributed by atoms with E-state index in [9.17, 15) is 9.59 Å². The van der Waals surface area contributed by atoms with Crippen molar-refractivity contribution >= 4 is 17.8 Å². The Bertz CT molecular complexity index is 385. The highest BCUT2D eigenvalue weighted by atomic mass is 16.5. The minimum Gasteiger partial charge on any atom is -0.464 e. The second kappa shape index (κ2) is 11.9. The van der Waals surface area contributed by atoms with Crippen molar-refractivity contribution in [3.63, 3.8) is 0 Å². The van der Waals surface area contributed by atoms with Crippen LogP contribution < -0.4 is 5.32 Å². The fourth-order valence-electron chi connectivity index (χ4n) is 2.60. The van der Waals surface area contributed by atoms with Gasteiger partial charge in [0.15, 0.2) is 5.96 Å². The number of hydrogen-bond acceptors (Lipinski definition) is 4. The number of carbonyl (C=O) groups excluding carboxylic acids is 2. The summed E-state index contributed by atoms with van der Waals surface area (Å²) in [4.78, 5) is 24.8. The van der Waals surface area contributed by atoms with Gasteiger partial charge < -0.3 is 9.64 Å². The van der Waals surface area contributed by atoms with Gasteiger partial charge in [-0.1, -0.05) is 51.4 Å². The van der Waals surface area contributed by atoms with Crippen molar-refractivity contribution in [3.05, 3.63) is 0 Å². The summed E-state index contributed by atoms with van der Waals surface area (Å²) < 4.78 is 5.16. The number of cyclic esters (lactones) is 1. The van der Waals surface area contributed by atoms with E-state index < -0.39 is 0 Å². The molecule has 1 aliphatic heterocycles. The number of nitrogens with zero attached hydrogens (tertiary/aromatic N) is 1. The first-order chi connectivity index (χ1) is 11.1. The zero-order valence-corrected chi connectivity index (χ0v) is 14.4. The van der Waals surface area contributed by atoms with Crippen LogP contribution in [0.2, 0.25) is 0 Å². The molecule has 6 heteroatoms. The Morgan fingerprint density at radius 2 is 1.43 bits per heavy atom. The number of guanidine groups is 1. The van der Waals surface area contributed by atoms with Crippen LogP contribution in [0.5, 0.6) is 0 Å². The van der Waals surface area contributed by atoms with E-state index in [2.05, 4.69) is 5.32 Å². The maximum Gasteiger partial charge on any atom is 0.325 e. The molecule has 0 saturated carbocycles. The summed E-state index contributed by atoms with van der Waals surface area (Å²) in [6.07, 6.45) is 11.7. The predicted molar refractivity (Wildman–Crippen MR) is 90.2 cm³/mol. The van der Waals surface area contributed by atoms with E-state index in [-0.39, 0.29) is 24.4 Å². The first-order valence-corrected chi connectivity index (χ1v) is 8.85. The molecule has 0 radical (unpaired) electrons. The van der Waals surface area contributed by atoms with Crippen LogP contribution in [-0.4, -0.2) is 42.9 Å². The quantitative estimate of drug-likeness (QED) is 0.671. The lowest BCUT2D eigenvalue weighted by molar-refractivity contribution is -0.144. The average molecular weight is 325 g/mol. The molecule has 1 amide bonds. The molecule has 1 heterocycles. The number of esters is 1. The fourth-order valence-corrected chi connectivity index (χ4v) is 2.60. The summed E-state index contributed by atoms with van der Waals surface area (Å²) in [5, 5.41) is 10.3. The van der Waals surface area contributed by atoms with E-state index in [1.807, 2.05) is 0 Å². The van der Waals surface area contributed by atoms with Crippen LogP contribution in [0.3, 0.4) is 0 Å². The van der Waals surface area contributed by atoms with Crippen LogP contribution in [0.4, 0.5) is 0 Å². The molecule has 0 unspecified atom stereocenters. The van der Waals surface area contributed by atoms with Crippen molar-refractivity contribution in [3.8, 4) is 0 Å². The molecule has 0 atom stereocenters. The molecular weight excluding hydrogens is 294 g/mol. The minimum absolute atomic E-state index is 0.0148. The van der Waals surface area contributed by atoms with Gasteiger partial charge in [0.05, 0.1) is 6.61 Å². The van der Waals surface area contributed by atoms with Gasteiger partial charge in [-0.3, -0.25) is 20.3 Å². The Morgan fingerprint density at radius 1 is 0.913 bits per heavy atom. The summed E-state index contributed by atoms with van der Waals surface area (Å²) in [7, 11) is 1.60. The van der Waals surface area contributed by atoms with Crippen LogP contribution in [0, 0.1) is 5.41 Å². The number of carbonyl (C=O) groups is 2. The Hall–Kier alpha value is -1.59. The molecule has 0 aliphatic carbocycles. The van der Waals surface area contributed by atoms with Crippen LogP contribution in [0.15, 0.2) is 0 Å². The van der Waals surface area contributed by atoms with Crippen molar-refractivity contribution in [2.45, 2.75) is 70.6 Å². The summed E-state index contributed by atoms with van der Waals surface area (Å²) in [6, 6.07) is 0. The average Bonchev–Trinajstić information content (AvgIpc) is 2.50. The molecule has 6 nitrogen and oxygen atoms in total. The normalized spacial score (nSPS) is 21.6. The predicted octanol–water partition coefficient (Wildman–Crippen LogP) is 2.82. The van der Waals surface area contributed by atoms with Gasteiger partial charge in [-0.15, -0.1) is 0 Å². The van der Waals surface area contributed by atoms with E-state index in [4.69, 9.17) is 10.1 Å². The van der Waals surface area contributed by atoms with E-state index in [1.165, 1.54) is 43.4 Å². The lowest BCUT2D eigenvalue weighted by Gasteiger charge is -2.19. The number of ether oxygens (including phenoxy) is 1. The third-order valence-electron chi connectivity index (χ3n) is 4.07. The molecule has 0 bridgehead atoms. The molecule has 0 aromatic rings. The second-order valence-electron chi connectivity index (χ2n) is 6.26. The molecule has 1 fully saturated rings. The van der Waals surface area contributed by atoms with Gasteiger partial charge in [0.1, 0.15) is 6.54 Å². The Balaban J connectivity index is 2.40. The van der Waals surface area contributed by atoms with Gasteiger partial charge in [0.2, 0.25) is 5.91 Å². The molecule has 132 valence electrons. The molecule has 0 aromatic carbocycles. The summed E-state index contributed by atoms with van der Waals surface area (Å²) in [5.74, 6) is -0.567. The molecule has 1 saturated heterocycles. The summed E-state index contributed by atoms with van der Waals surface area (Å²) in [6.45, 7) is 0.422. The number of nitrogens with one attached hydrogen (secondary N) is 2. The monoisotopic (exact) mass is 325 g/mol. The minimum atomic E-state index is -0.357. The smallest absolute Gasteiger partial charge is 0.325 e. The molecule has 23 heavy (non-hydrogen) atoms. The fraction of sp³-hybridized carbons (Fsp3) is 0.824. The number of rotatable bonds is 0. The van der Waals surface area contributed by atoms with Gasteiger partial charge in [-0.2, -0.15) is 0 Å². The van der Waals surface area contributed by atoms with Crippen molar-refractivity contribution in [2.75, 3.05) is 20.2 Å². The highest BCUT2D eigenvalue weighted by molar-refractivity contribution is 5.96. The molecule has 2 N–H and O–H groups in total. The van der Waals surface area contributed by atoms with Gasteiger partial charge in [-0.25, -0.2) is 0 Å². The molecule has 1 aliphatic rings. The molecule has 0 spiro atoms. The molecule has 1 rings (SSSR count). The Kier molecular flexibility index (Phi) is 10.1. The number of amides is 1. The third-order valence-corrected chi connectivity index (χ3v) is 4.07. The van der Waals surface area contributed by atoms with Crippen molar-refractivity contribution < 1.29 is 14.3 Å². The van der Waals surface area contributed by atoms with Crippen LogP contribution in [0.1, 0.15) is 70.6 Å².